The number of Topliss-reactive ketones (excluding diaryl/α,β-unsaturated/α-hetero) is 1. The van der Waals surface area contributed by atoms with Crippen LogP contribution in [-0.2, 0) is 23.7 Å². The molecule has 1 aromatic carbocycles. The minimum absolute atomic E-state index is 0.147. The van der Waals surface area contributed by atoms with Crippen LogP contribution < -0.4 is 0 Å². The smallest absolute Gasteiger partial charge is 0.338 e. The molecule has 1 aromatic rings. The Bertz CT molecular complexity index is 608. The third-order valence-electron chi connectivity index (χ3n) is 3.68. The van der Waals surface area contributed by atoms with Crippen molar-refractivity contribution in [2.45, 2.75) is 45.1 Å². The zero-order valence-corrected chi connectivity index (χ0v) is 12.7. The molecule has 0 N–H and O–H groups in total. The second-order valence-corrected chi connectivity index (χ2v) is 5.87. The molecule has 6 heteroatoms. The Morgan fingerprint density at radius 1 is 1.27 bits per heavy atom. The quantitative estimate of drug-likeness (QED) is 0.790. The number of aryl methyl sites for hydroxylation is 1. The summed E-state index contributed by atoms with van der Waals surface area (Å²) in [6, 6.07) is 7.10. The van der Waals surface area contributed by atoms with Gasteiger partial charge in [0.15, 0.2) is 30.1 Å². The van der Waals surface area contributed by atoms with Gasteiger partial charge in [0, 0.05) is 0 Å². The van der Waals surface area contributed by atoms with Gasteiger partial charge in [-0.3, -0.25) is 4.79 Å². The molecule has 2 saturated heterocycles. The summed E-state index contributed by atoms with van der Waals surface area (Å²) in [6.07, 6.45) is -2.33. The maximum Gasteiger partial charge on any atom is 0.338 e. The fourth-order valence-electron chi connectivity index (χ4n) is 2.59. The van der Waals surface area contributed by atoms with Gasteiger partial charge in [-0.1, -0.05) is 18.2 Å². The minimum Gasteiger partial charge on any atom is -0.459 e. The number of esters is 1. The van der Waals surface area contributed by atoms with Gasteiger partial charge in [0.2, 0.25) is 0 Å². The first-order valence-electron chi connectivity index (χ1n) is 7.15. The minimum atomic E-state index is -0.848. The van der Waals surface area contributed by atoms with Crippen LogP contribution in [0.15, 0.2) is 24.3 Å². The van der Waals surface area contributed by atoms with Crippen LogP contribution in [0.2, 0.25) is 0 Å². The number of hydrogen-bond acceptors (Lipinski definition) is 6. The molecule has 118 valence electrons. The van der Waals surface area contributed by atoms with Crippen molar-refractivity contribution in [3.05, 3.63) is 35.4 Å². The van der Waals surface area contributed by atoms with E-state index in [0.717, 1.165) is 5.56 Å². The second-order valence-electron chi connectivity index (χ2n) is 5.87. The highest BCUT2D eigenvalue weighted by molar-refractivity contribution is 5.92. The van der Waals surface area contributed by atoms with E-state index in [9.17, 15) is 9.59 Å². The van der Waals surface area contributed by atoms with Crippen LogP contribution in [0.5, 0.6) is 0 Å². The van der Waals surface area contributed by atoms with Crippen LogP contribution in [0.25, 0.3) is 0 Å². The first-order valence-corrected chi connectivity index (χ1v) is 7.15. The molecule has 2 aliphatic heterocycles. The largest absolute Gasteiger partial charge is 0.459 e. The predicted molar refractivity (Wildman–Crippen MR) is 75.2 cm³/mol. The number of hydrogen-bond donors (Lipinski definition) is 0. The monoisotopic (exact) mass is 306 g/mol. The Labute approximate surface area is 128 Å². The van der Waals surface area contributed by atoms with Crippen LogP contribution in [0.3, 0.4) is 0 Å². The third-order valence-corrected chi connectivity index (χ3v) is 3.68. The van der Waals surface area contributed by atoms with Gasteiger partial charge in [0.25, 0.3) is 0 Å². The molecule has 2 heterocycles. The number of ketones is 1. The zero-order chi connectivity index (χ0) is 15.9. The summed E-state index contributed by atoms with van der Waals surface area (Å²) in [5, 5.41) is 0. The van der Waals surface area contributed by atoms with Crippen LogP contribution in [0.1, 0.15) is 29.8 Å². The summed E-state index contributed by atoms with van der Waals surface area (Å²) in [5.41, 5.74) is 1.29. The first-order chi connectivity index (χ1) is 10.4. The molecule has 3 rings (SSSR count). The molecule has 1 unspecified atom stereocenters. The molecule has 2 aliphatic rings. The lowest BCUT2D eigenvalue weighted by Gasteiger charge is -2.19. The fraction of sp³-hybridized carbons (Fsp3) is 0.500. The second kappa shape index (κ2) is 5.46. The average molecular weight is 306 g/mol. The van der Waals surface area contributed by atoms with E-state index >= 15 is 0 Å². The van der Waals surface area contributed by atoms with Crippen LogP contribution in [0.4, 0.5) is 0 Å². The molecule has 0 radical (unpaired) electrons. The lowest BCUT2D eigenvalue weighted by atomic mass is 10.1. The van der Waals surface area contributed by atoms with Gasteiger partial charge >= 0.3 is 5.97 Å². The van der Waals surface area contributed by atoms with E-state index in [0.29, 0.717) is 5.56 Å². The van der Waals surface area contributed by atoms with Crippen molar-refractivity contribution in [1.82, 2.24) is 0 Å². The standard InChI is InChI=1S/C16H18O6/c1-9-6-4-5-7-10(9)14(18)19-8-11-12(17)13-15(20-11)22-16(2,3)21-13/h4-7,11,13,15H,8H2,1-3H3/t11-,13?,15-/m0/s1. The van der Waals surface area contributed by atoms with E-state index in [1.807, 2.05) is 19.1 Å². The summed E-state index contributed by atoms with van der Waals surface area (Å²) < 4.78 is 21.6. The molecular formula is C16H18O6. The number of fused-ring (bicyclic) bond motifs is 1. The van der Waals surface area contributed by atoms with E-state index in [1.165, 1.54) is 0 Å². The zero-order valence-electron chi connectivity index (χ0n) is 12.7. The fourth-order valence-corrected chi connectivity index (χ4v) is 2.59. The summed E-state index contributed by atoms with van der Waals surface area (Å²) in [4.78, 5) is 24.2. The Balaban J connectivity index is 1.59. The number of ether oxygens (including phenoxy) is 4. The van der Waals surface area contributed by atoms with E-state index in [2.05, 4.69) is 0 Å². The molecule has 3 atom stereocenters. The lowest BCUT2D eigenvalue weighted by Crippen LogP contribution is -2.33. The molecule has 0 aromatic heterocycles. The average Bonchev–Trinajstić information content (AvgIpc) is 2.90. The lowest BCUT2D eigenvalue weighted by molar-refractivity contribution is -0.207. The highest BCUT2D eigenvalue weighted by Gasteiger charge is 2.54. The highest BCUT2D eigenvalue weighted by atomic mass is 16.8. The van der Waals surface area contributed by atoms with Gasteiger partial charge in [0.1, 0.15) is 6.61 Å². The Hall–Kier alpha value is -1.76. The van der Waals surface area contributed by atoms with Crippen molar-refractivity contribution in [2.75, 3.05) is 6.61 Å². The molecule has 0 bridgehead atoms. The molecule has 6 nitrogen and oxygen atoms in total. The Kier molecular flexibility index (Phi) is 3.76. The van der Waals surface area contributed by atoms with Gasteiger partial charge in [-0.15, -0.1) is 0 Å². The van der Waals surface area contributed by atoms with E-state index in [4.69, 9.17) is 18.9 Å². The van der Waals surface area contributed by atoms with Crippen molar-refractivity contribution < 1.29 is 28.5 Å². The number of benzene rings is 1. The molecule has 2 fully saturated rings. The molecule has 0 aliphatic carbocycles. The predicted octanol–water partition coefficient (Wildman–Crippen LogP) is 1.60. The van der Waals surface area contributed by atoms with Gasteiger partial charge in [-0.2, -0.15) is 0 Å². The molecule has 0 spiro atoms. The van der Waals surface area contributed by atoms with E-state index < -0.39 is 30.3 Å². The molecule has 22 heavy (non-hydrogen) atoms. The van der Waals surface area contributed by atoms with Gasteiger partial charge < -0.3 is 18.9 Å². The topological polar surface area (TPSA) is 71.1 Å². The van der Waals surface area contributed by atoms with Gasteiger partial charge in [-0.05, 0) is 32.4 Å². The van der Waals surface area contributed by atoms with Crippen molar-refractivity contribution in [3.63, 3.8) is 0 Å². The van der Waals surface area contributed by atoms with Gasteiger partial charge in [-0.25, -0.2) is 4.79 Å². The van der Waals surface area contributed by atoms with E-state index in [1.54, 1.807) is 26.0 Å². The number of rotatable bonds is 3. The number of carbonyl (C=O) groups is 2. The molecule has 0 amide bonds. The normalized spacial score (nSPS) is 29.4. The Morgan fingerprint density at radius 2 is 2.00 bits per heavy atom. The van der Waals surface area contributed by atoms with Crippen LogP contribution in [0, 0.1) is 6.92 Å². The maximum absolute atomic E-state index is 12.2. The summed E-state index contributed by atoms with van der Waals surface area (Å²) >= 11 is 0. The van der Waals surface area contributed by atoms with E-state index in [-0.39, 0.29) is 12.4 Å². The Morgan fingerprint density at radius 3 is 2.68 bits per heavy atom. The SMILES string of the molecule is Cc1ccccc1C(=O)OC[C@@H]1O[C@H]2OC(C)(C)OC2C1=O. The van der Waals surface area contributed by atoms with Crippen LogP contribution >= 0.6 is 0 Å². The third kappa shape index (κ3) is 2.77. The number of carbonyl (C=O) groups excluding carboxylic acids is 2. The van der Waals surface area contributed by atoms with Gasteiger partial charge in [0.05, 0.1) is 5.56 Å². The van der Waals surface area contributed by atoms with Crippen molar-refractivity contribution in [3.8, 4) is 0 Å². The highest BCUT2D eigenvalue weighted by Crippen LogP contribution is 2.35. The summed E-state index contributed by atoms with van der Waals surface area (Å²) in [7, 11) is 0. The van der Waals surface area contributed by atoms with Crippen LogP contribution in [-0.4, -0.2) is 42.6 Å². The molecule has 0 saturated carbocycles. The molecular weight excluding hydrogens is 288 g/mol. The van der Waals surface area contributed by atoms with Crippen molar-refractivity contribution in [1.29, 1.82) is 0 Å². The van der Waals surface area contributed by atoms with Crippen molar-refractivity contribution in [2.24, 2.45) is 0 Å². The first kappa shape index (κ1) is 15.1. The summed E-state index contributed by atoms with van der Waals surface area (Å²) in [5.74, 6) is -1.57. The summed E-state index contributed by atoms with van der Waals surface area (Å²) in [6.45, 7) is 5.11. The maximum atomic E-state index is 12.2. The van der Waals surface area contributed by atoms with Crippen molar-refractivity contribution >= 4 is 11.8 Å².